The molecule has 0 aliphatic heterocycles. The van der Waals surface area contributed by atoms with Gasteiger partial charge in [-0.05, 0) is 24.3 Å². The van der Waals surface area contributed by atoms with Gasteiger partial charge < -0.3 is 9.87 Å². The van der Waals surface area contributed by atoms with E-state index in [0.717, 1.165) is 12.1 Å². The zero-order chi connectivity index (χ0) is 14.0. The van der Waals surface area contributed by atoms with Gasteiger partial charge in [-0.25, -0.2) is 8.42 Å². The van der Waals surface area contributed by atoms with Gasteiger partial charge in [0.15, 0.2) is 0 Å². The van der Waals surface area contributed by atoms with Crippen LogP contribution in [0, 0.1) is 0 Å². The summed E-state index contributed by atoms with van der Waals surface area (Å²) in [5.41, 5.74) is -1.11. The van der Waals surface area contributed by atoms with Crippen molar-refractivity contribution in [3.05, 3.63) is 35.4 Å². The van der Waals surface area contributed by atoms with Crippen LogP contribution in [-0.2, 0) is 16.3 Å². The monoisotopic (exact) mass is 305 g/mol. The fourth-order valence-corrected chi connectivity index (χ4v) is 1.37. The summed E-state index contributed by atoms with van der Waals surface area (Å²) in [6, 6.07) is 3.13. The molecule has 0 fully saturated rings. The quantitative estimate of drug-likeness (QED) is 0.514. The van der Waals surface area contributed by atoms with Gasteiger partial charge in [0.2, 0.25) is 0 Å². The van der Waals surface area contributed by atoms with Gasteiger partial charge in [-0.2, -0.15) is 13.2 Å². The van der Waals surface area contributed by atoms with E-state index >= 15 is 0 Å². The van der Waals surface area contributed by atoms with Crippen molar-refractivity contribution >= 4 is 16.0 Å². The van der Waals surface area contributed by atoms with E-state index in [1.165, 1.54) is 0 Å². The van der Waals surface area contributed by atoms with Crippen molar-refractivity contribution in [1.82, 2.24) is 5.32 Å². The van der Waals surface area contributed by atoms with Crippen molar-refractivity contribution in [2.24, 2.45) is 0 Å². The summed E-state index contributed by atoms with van der Waals surface area (Å²) in [4.78, 5) is 11.3. The largest absolute Gasteiger partial charge is 1.00 e. The minimum atomic E-state index is -4.62. The summed E-state index contributed by atoms with van der Waals surface area (Å²) in [7, 11) is -4.62. The van der Waals surface area contributed by atoms with Gasteiger partial charge >= 0.3 is 35.7 Å². The fourth-order valence-electron chi connectivity index (χ4n) is 1.07. The second-order valence-corrected chi connectivity index (χ2v) is 4.69. The van der Waals surface area contributed by atoms with Gasteiger partial charge in [0.05, 0.1) is 5.56 Å². The molecule has 0 aliphatic carbocycles. The van der Waals surface area contributed by atoms with Gasteiger partial charge in [-0.15, -0.1) is 0 Å². The smallest absolute Gasteiger partial charge is 0.747 e. The molecule has 1 amide bonds. The second kappa shape index (κ2) is 6.71. The van der Waals surface area contributed by atoms with E-state index in [1.54, 1.807) is 5.32 Å². The van der Waals surface area contributed by atoms with Gasteiger partial charge in [-0.3, -0.25) is 4.79 Å². The van der Waals surface area contributed by atoms with Crippen LogP contribution >= 0.6 is 0 Å². The molecule has 0 bridgehead atoms. The molecule has 0 saturated heterocycles. The summed E-state index contributed by atoms with van der Waals surface area (Å²) in [6.45, 7) is 0. The molecule has 1 aromatic carbocycles. The first-order chi connectivity index (χ1) is 8.09. The molecule has 1 rings (SSSR count). The van der Waals surface area contributed by atoms with E-state index in [1.807, 2.05) is 0 Å². The Morgan fingerprint density at radius 2 is 1.68 bits per heavy atom. The van der Waals surface area contributed by atoms with Crippen molar-refractivity contribution in [3.8, 4) is 0 Å². The van der Waals surface area contributed by atoms with Gasteiger partial charge in [0, 0.05) is 5.56 Å². The summed E-state index contributed by atoms with van der Waals surface area (Å²) < 4.78 is 67.3. The summed E-state index contributed by atoms with van der Waals surface area (Å²) in [6.07, 6.45) is -4.52. The number of carbonyl (C=O) groups is 1. The van der Waals surface area contributed by atoms with Crippen LogP contribution in [0.15, 0.2) is 24.3 Å². The van der Waals surface area contributed by atoms with Crippen LogP contribution in [-0.4, -0.2) is 24.8 Å². The molecule has 0 heterocycles. The van der Waals surface area contributed by atoms with E-state index in [9.17, 15) is 30.9 Å². The summed E-state index contributed by atoms with van der Waals surface area (Å²) in [5, 5.41) is 1.78. The van der Waals surface area contributed by atoms with Crippen molar-refractivity contribution < 1.29 is 60.5 Å². The van der Waals surface area contributed by atoms with Crippen molar-refractivity contribution in [2.45, 2.75) is 6.18 Å². The molecule has 0 atom stereocenters. The van der Waals surface area contributed by atoms with Crippen LogP contribution in [0.3, 0.4) is 0 Å². The summed E-state index contributed by atoms with van der Waals surface area (Å²) in [5.74, 6) is -2.06. The molecule has 5 nitrogen and oxygen atoms in total. The molecule has 0 aliphatic rings. The standard InChI is InChI=1S/C9H8F3NO4S.Na/c10-9(11,12)7-3-1-6(2-4-7)8(14)13-5-18(15,16)17;/h1-4H,5H2,(H,13,14)(H,15,16,17);/q;+1/p-1. The number of halogens is 3. The Morgan fingerprint density at radius 3 is 2.05 bits per heavy atom. The van der Waals surface area contributed by atoms with Gasteiger partial charge in [0.1, 0.15) is 16.0 Å². The third kappa shape index (κ3) is 6.39. The van der Waals surface area contributed by atoms with Crippen molar-refractivity contribution in [3.63, 3.8) is 0 Å². The Bertz CT molecular complexity index is 542. The van der Waals surface area contributed by atoms with Crippen LogP contribution in [0.1, 0.15) is 15.9 Å². The predicted octanol–water partition coefficient (Wildman–Crippen LogP) is -2.06. The molecule has 0 spiro atoms. The fraction of sp³-hybridized carbons (Fsp3) is 0.222. The zero-order valence-corrected chi connectivity index (χ0v) is 12.5. The molecular formula is C9H7F3NNaO4S. The van der Waals surface area contributed by atoms with Crippen molar-refractivity contribution in [1.29, 1.82) is 0 Å². The van der Waals surface area contributed by atoms with Gasteiger partial charge in [-0.1, -0.05) is 0 Å². The van der Waals surface area contributed by atoms with E-state index in [4.69, 9.17) is 0 Å². The number of hydrogen-bond acceptors (Lipinski definition) is 4. The van der Waals surface area contributed by atoms with E-state index in [2.05, 4.69) is 0 Å². The topological polar surface area (TPSA) is 86.3 Å². The van der Waals surface area contributed by atoms with Crippen LogP contribution < -0.4 is 34.9 Å². The first kappa shape index (κ1) is 18.4. The van der Waals surface area contributed by atoms with Crippen molar-refractivity contribution in [2.75, 3.05) is 5.88 Å². The van der Waals surface area contributed by atoms with E-state index in [-0.39, 0.29) is 35.1 Å². The van der Waals surface area contributed by atoms with Crippen LogP contribution in [0.5, 0.6) is 0 Å². The molecule has 0 saturated carbocycles. The average molecular weight is 305 g/mol. The van der Waals surface area contributed by atoms with E-state index in [0.29, 0.717) is 12.1 Å². The Labute approximate surface area is 129 Å². The first-order valence-electron chi connectivity index (χ1n) is 4.48. The number of alkyl halides is 3. The number of rotatable bonds is 3. The predicted molar refractivity (Wildman–Crippen MR) is 53.5 cm³/mol. The molecular weight excluding hydrogens is 298 g/mol. The molecule has 1 aromatic rings. The number of benzene rings is 1. The maximum absolute atomic E-state index is 12.2. The molecule has 0 aromatic heterocycles. The molecule has 100 valence electrons. The molecule has 1 N–H and O–H groups in total. The normalized spacial score (nSPS) is 11.6. The third-order valence-corrected chi connectivity index (χ3v) is 2.38. The average Bonchev–Trinajstić information content (AvgIpc) is 2.24. The third-order valence-electron chi connectivity index (χ3n) is 1.88. The molecule has 0 radical (unpaired) electrons. The maximum Gasteiger partial charge on any atom is 1.00 e. The Balaban J connectivity index is 0.00000324. The number of nitrogens with one attached hydrogen (secondary N) is 1. The van der Waals surface area contributed by atoms with Crippen LogP contribution in [0.4, 0.5) is 13.2 Å². The molecule has 19 heavy (non-hydrogen) atoms. The minimum Gasteiger partial charge on any atom is -0.747 e. The Hall–Kier alpha value is -0.610. The first-order valence-corrected chi connectivity index (χ1v) is 6.06. The Morgan fingerprint density at radius 1 is 1.21 bits per heavy atom. The second-order valence-electron chi connectivity index (χ2n) is 3.28. The van der Waals surface area contributed by atoms with E-state index < -0.39 is 33.6 Å². The number of hydrogen-bond donors (Lipinski definition) is 1. The maximum atomic E-state index is 12.2. The minimum absolute atomic E-state index is 0. The molecule has 0 unspecified atom stereocenters. The van der Waals surface area contributed by atoms with Crippen LogP contribution in [0.2, 0.25) is 0 Å². The number of carbonyl (C=O) groups excluding carboxylic acids is 1. The molecule has 10 heteroatoms. The van der Waals surface area contributed by atoms with Gasteiger partial charge in [0.25, 0.3) is 5.91 Å². The number of amides is 1. The van der Waals surface area contributed by atoms with Crippen LogP contribution in [0.25, 0.3) is 0 Å². The Kier molecular flexibility index (Phi) is 6.49. The summed E-state index contributed by atoms with van der Waals surface area (Å²) >= 11 is 0. The SMILES string of the molecule is O=C(NCS(=O)(=O)[O-])c1ccc(C(F)(F)F)cc1.[Na+]. The zero-order valence-electron chi connectivity index (χ0n) is 9.69.